The number of nitrogens with one attached hydrogen (secondary N) is 1. The van der Waals surface area contributed by atoms with Crippen LogP contribution in [0.3, 0.4) is 0 Å². The third kappa shape index (κ3) is 2.95. The van der Waals surface area contributed by atoms with Crippen molar-refractivity contribution in [3.63, 3.8) is 0 Å². The van der Waals surface area contributed by atoms with Gasteiger partial charge in [-0.05, 0) is 17.5 Å². The van der Waals surface area contributed by atoms with E-state index in [0.29, 0.717) is 0 Å². The Balaban J connectivity index is 2.94. The predicted molar refractivity (Wildman–Crippen MR) is 60.9 cm³/mol. The molecule has 1 rings (SSSR count). The Hall–Kier alpha value is -1.58. The first-order valence-corrected chi connectivity index (χ1v) is 5.06. The Kier molecular flexibility index (Phi) is 3.52. The fourth-order valence-electron chi connectivity index (χ4n) is 1.38. The molecule has 0 aliphatic heterocycles. The topological polar surface area (TPSA) is 49.3 Å². The average molecular weight is 225 g/mol. The maximum atomic E-state index is 13.3. The number of anilines is 1. The van der Waals surface area contributed by atoms with Gasteiger partial charge in [0.05, 0.1) is 5.69 Å². The minimum atomic E-state index is -0.990. The van der Waals surface area contributed by atoms with E-state index in [-0.39, 0.29) is 5.69 Å². The maximum absolute atomic E-state index is 13.3. The third-order valence-corrected chi connectivity index (χ3v) is 2.29. The second kappa shape index (κ2) is 4.51. The van der Waals surface area contributed by atoms with Crippen molar-refractivity contribution in [1.29, 1.82) is 0 Å². The Morgan fingerprint density at radius 3 is 2.38 bits per heavy atom. The van der Waals surface area contributed by atoms with E-state index in [1.807, 2.05) is 0 Å². The average Bonchev–Trinajstić information content (AvgIpc) is 2.14. The molecule has 0 amide bonds. The molecule has 0 heterocycles. The van der Waals surface area contributed by atoms with Gasteiger partial charge >= 0.3 is 5.97 Å². The number of aliphatic carboxylic acids is 1. The first-order valence-electron chi connectivity index (χ1n) is 5.06. The fraction of sp³-hybridized carbons (Fsp3) is 0.417. The van der Waals surface area contributed by atoms with Crippen LogP contribution in [0.1, 0.15) is 20.8 Å². The van der Waals surface area contributed by atoms with Gasteiger partial charge < -0.3 is 10.4 Å². The molecule has 0 saturated heterocycles. The molecule has 3 nitrogen and oxygen atoms in total. The van der Waals surface area contributed by atoms with Crippen LogP contribution in [0.4, 0.5) is 10.1 Å². The number of rotatable bonds is 3. The molecule has 88 valence electrons. The van der Waals surface area contributed by atoms with Crippen LogP contribution in [0.5, 0.6) is 0 Å². The van der Waals surface area contributed by atoms with E-state index in [1.54, 1.807) is 32.9 Å². The van der Waals surface area contributed by atoms with Crippen LogP contribution in [0.2, 0.25) is 0 Å². The second-order valence-corrected chi connectivity index (χ2v) is 4.76. The number of hydrogen-bond donors (Lipinski definition) is 2. The Morgan fingerprint density at radius 1 is 1.38 bits per heavy atom. The number of para-hydroxylation sites is 1. The van der Waals surface area contributed by atoms with Crippen LogP contribution >= 0.6 is 0 Å². The molecule has 0 aliphatic carbocycles. The molecule has 0 radical (unpaired) electrons. The SMILES string of the molecule is CC(C)(C)C(Nc1ccccc1F)C(=O)O. The summed E-state index contributed by atoms with van der Waals surface area (Å²) in [5.74, 6) is -1.44. The van der Waals surface area contributed by atoms with Gasteiger partial charge in [-0.1, -0.05) is 32.9 Å². The second-order valence-electron chi connectivity index (χ2n) is 4.76. The third-order valence-electron chi connectivity index (χ3n) is 2.29. The number of carbonyl (C=O) groups is 1. The van der Waals surface area contributed by atoms with Crippen molar-refractivity contribution in [3.05, 3.63) is 30.1 Å². The highest BCUT2D eigenvalue weighted by molar-refractivity contribution is 5.78. The minimum Gasteiger partial charge on any atom is -0.480 e. The Labute approximate surface area is 94.3 Å². The van der Waals surface area contributed by atoms with E-state index in [1.165, 1.54) is 12.1 Å². The van der Waals surface area contributed by atoms with Gasteiger partial charge in [-0.15, -0.1) is 0 Å². The molecule has 1 atom stereocenters. The summed E-state index contributed by atoms with van der Waals surface area (Å²) in [6.45, 7) is 5.37. The molecular weight excluding hydrogens is 209 g/mol. The number of carboxylic acids is 1. The zero-order valence-electron chi connectivity index (χ0n) is 9.62. The van der Waals surface area contributed by atoms with Crippen molar-refractivity contribution in [1.82, 2.24) is 0 Å². The van der Waals surface area contributed by atoms with Crippen LogP contribution in [0.15, 0.2) is 24.3 Å². The molecule has 1 aromatic carbocycles. The quantitative estimate of drug-likeness (QED) is 0.831. The van der Waals surface area contributed by atoms with Gasteiger partial charge in [-0.25, -0.2) is 9.18 Å². The van der Waals surface area contributed by atoms with Crippen molar-refractivity contribution in [2.75, 3.05) is 5.32 Å². The van der Waals surface area contributed by atoms with Crippen molar-refractivity contribution in [2.24, 2.45) is 5.41 Å². The summed E-state index contributed by atoms with van der Waals surface area (Å²) in [5.41, 5.74) is -0.279. The summed E-state index contributed by atoms with van der Waals surface area (Å²) in [6, 6.07) is 5.21. The van der Waals surface area contributed by atoms with Crippen molar-refractivity contribution < 1.29 is 14.3 Å². The van der Waals surface area contributed by atoms with E-state index < -0.39 is 23.2 Å². The number of benzene rings is 1. The highest BCUT2D eigenvalue weighted by Crippen LogP contribution is 2.24. The van der Waals surface area contributed by atoms with Crippen LogP contribution in [0.25, 0.3) is 0 Å². The summed E-state index contributed by atoms with van der Waals surface area (Å²) in [5, 5.41) is 11.8. The molecule has 16 heavy (non-hydrogen) atoms. The first kappa shape index (κ1) is 12.5. The van der Waals surface area contributed by atoms with E-state index in [0.717, 1.165) is 0 Å². The van der Waals surface area contributed by atoms with Gasteiger partial charge in [-0.2, -0.15) is 0 Å². The fourth-order valence-corrected chi connectivity index (χ4v) is 1.38. The van der Waals surface area contributed by atoms with Crippen LogP contribution < -0.4 is 5.32 Å². The smallest absolute Gasteiger partial charge is 0.326 e. The standard InChI is InChI=1S/C12H16FNO2/c1-12(2,3)10(11(15)16)14-9-7-5-4-6-8(9)13/h4-7,10,14H,1-3H3,(H,15,16). The van der Waals surface area contributed by atoms with Crippen molar-refractivity contribution >= 4 is 11.7 Å². The molecule has 0 bridgehead atoms. The zero-order chi connectivity index (χ0) is 12.3. The summed E-state index contributed by atoms with van der Waals surface area (Å²) in [4.78, 5) is 11.1. The molecule has 0 saturated carbocycles. The molecule has 4 heteroatoms. The maximum Gasteiger partial charge on any atom is 0.326 e. The van der Waals surface area contributed by atoms with E-state index in [2.05, 4.69) is 5.32 Å². The lowest BCUT2D eigenvalue weighted by molar-refractivity contribution is -0.140. The number of carboxylic acid groups (broad SMARTS) is 1. The van der Waals surface area contributed by atoms with Crippen LogP contribution in [0, 0.1) is 11.2 Å². The highest BCUT2D eigenvalue weighted by Gasteiger charge is 2.31. The van der Waals surface area contributed by atoms with E-state index in [9.17, 15) is 9.18 Å². The molecule has 1 aromatic rings. The van der Waals surface area contributed by atoms with Crippen molar-refractivity contribution in [3.8, 4) is 0 Å². The molecule has 0 spiro atoms. The minimum absolute atomic E-state index is 0.213. The van der Waals surface area contributed by atoms with Gasteiger partial charge in [0.2, 0.25) is 0 Å². The summed E-state index contributed by atoms with van der Waals surface area (Å²) in [6.07, 6.45) is 0. The largest absolute Gasteiger partial charge is 0.480 e. The van der Waals surface area contributed by atoms with Gasteiger partial charge in [-0.3, -0.25) is 0 Å². The lowest BCUT2D eigenvalue weighted by Gasteiger charge is -2.28. The number of hydrogen-bond acceptors (Lipinski definition) is 2. The molecule has 0 aromatic heterocycles. The first-order chi connectivity index (χ1) is 7.32. The molecule has 1 unspecified atom stereocenters. The summed E-state index contributed by atoms with van der Waals surface area (Å²) < 4.78 is 13.3. The van der Waals surface area contributed by atoms with Gasteiger partial charge in [0.1, 0.15) is 11.9 Å². The Morgan fingerprint density at radius 2 is 1.94 bits per heavy atom. The van der Waals surface area contributed by atoms with E-state index in [4.69, 9.17) is 5.11 Å². The lowest BCUT2D eigenvalue weighted by atomic mass is 9.86. The molecule has 0 aliphatic rings. The lowest BCUT2D eigenvalue weighted by Crippen LogP contribution is -2.41. The predicted octanol–water partition coefficient (Wildman–Crippen LogP) is 2.74. The normalized spacial score (nSPS) is 13.2. The van der Waals surface area contributed by atoms with Crippen LogP contribution in [-0.2, 0) is 4.79 Å². The van der Waals surface area contributed by atoms with Gasteiger partial charge in [0, 0.05) is 0 Å². The van der Waals surface area contributed by atoms with Gasteiger partial charge in [0.15, 0.2) is 0 Å². The molecular formula is C12H16FNO2. The van der Waals surface area contributed by atoms with E-state index >= 15 is 0 Å². The summed E-state index contributed by atoms with van der Waals surface area (Å²) in [7, 11) is 0. The van der Waals surface area contributed by atoms with Crippen LogP contribution in [-0.4, -0.2) is 17.1 Å². The zero-order valence-corrected chi connectivity index (χ0v) is 9.62. The molecule has 2 N–H and O–H groups in total. The monoisotopic (exact) mass is 225 g/mol. The Bertz CT molecular complexity index is 385. The summed E-state index contributed by atoms with van der Waals surface area (Å²) >= 11 is 0. The van der Waals surface area contributed by atoms with Crippen molar-refractivity contribution in [2.45, 2.75) is 26.8 Å². The molecule has 0 fully saturated rings. The highest BCUT2D eigenvalue weighted by atomic mass is 19.1. The number of halogens is 1. The van der Waals surface area contributed by atoms with Gasteiger partial charge in [0.25, 0.3) is 0 Å².